The highest BCUT2D eigenvalue weighted by atomic mass is 35.5. The minimum absolute atomic E-state index is 0.125. The number of nitriles is 1. The summed E-state index contributed by atoms with van der Waals surface area (Å²) in [5, 5.41) is 11.6. The number of hydrogen-bond acceptors (Lipinski definition) is 5. The van der Waals surface area contributed by atoms with Gasteiger partial charge in [-0.25, -0.2) is 4.79 Å². The van der Waals surface area contributed by atoms with Crippen molar-refractivity contribution >= 4 is 29.2 Å². The van der Waals surface area contributed by atoms with Crippen LogP contribution in [0.2, 0.25) is 5.02 Å². The summed E-state index contributed by atoms with van der Waals surface area (Å²) in [6, 6.07) is 4.80. The van der Waals surface area contributed by atoms with Crippen LogP contribution in [0.25, 0.3) is 0 Å². The maximum Gasteiger partial charge on any atom is 0.332 e. The number of ether oxygens (including phenoxy) is 1. The van der Waals surface area contributed by atoms with Crippen LogP contribution >= 0.6 is 11.6 Å². The number of esters is 1. The molecule has 0 radical (unpaired) electrons. The Labute approximate surface area is 115 Å². The summed E-state index contributed by atoms with van der Waals surface area (Å²) in [5.74, 6) is -1.60. The molecule has 0 aromatic heterocycles. The number of anilines is 1. The number of halogens is 1. The number of amides is 1. The zero-order valence-electron chi connectivity index (χ0n) is 10.1. The number of hydrogen-bond donors (Lipinski definition) is 2. The number of rotatable bonds is 4. The van der Waals surface area contributed by atoms with Crippen LogP contribution in [0.3, 0.4) is 0 Å². The van der Waals surface area contributed by atoms with Crippen molar-refractivity contribution in [2.24, 2.45) is 5.73 Å². The summed E-state index contributed by atoms with van der Waals surface area (Å²) in [6.45, 7) is 1.73. The normalized spacial score (nSPS) is 11.3. The van der Waals surface area contributed by atoms with Crippen molar-refractivity contribution in [3.63, 3.8) is 0 Å². The molecule has 1 aromatic rings. The molecule has 19 heavy (non-hydrogen) atoms. The summed E-state index contributed by atoms with van der Waals surface area (Å²) in [5.41, 5.74) is 5.83. The zero-order chi connectivity index (χ0) is 14.4. The van der Waals surface area contributed by atoms with Crippen LogP contribution < -0.4 is 11.1 Å². The van der Waals surface area contributed by atoms with Crippen molar-refractivity contribution in [3.8, 4) is 6.07 Å². The fourth-order valence-corrected chi connectivity index (χ4v) is 1.44. The smallest absolute Gasteiger partial charge is 0.332 e. The Morgan fingerprint density at radius 1 is 1.58 bits per heavy atom. The Morgan fingerprint density at radius 3 is 2.84 bits per heavy atom. The SMILES string of the molecule is CCOC(=O)C(N)C(=O)Nc1cc(Cl)ccc1C#N. The van der Waals surface area contributed by atoms with E-state index in [1.54, 1.807) is 6.92 Å². The van der Waals surface area contributed by atoms with Gasteiger partial charge in [0, 0.05) is 5.02 Å². The van der Waals surface area contributed by atoms with E-state index in [0.29, 0.717) is 5.02 Å². The molecule has 100 valence electrons. The molecule has 0 saturated heterocycles. The molecule has 0 fully saturated rings. The van der Waals surface area contributed by atoms with Gasteiger partial charge >= 0.3 is 5.97 Å². The first-order valence-electron chi connectivity index (χ1n) is 5.42. The molecule has 1 unspecified atom stereocenters. The van der Waals surface area contributed by atoms with Crippen molar-refractivity contribution in [1.29, 1.82) is 5.26 Å². The lowest BCUT2D eigenvalue weighted by molar-refractivity contribution is -0.146. The molecular weight excluding hydrogens is 270 g/mol. The molecule has 1 amide bonds. The van der Waals surface area contributed by atoms with Gasteiger partial charge in [-0.2, -0.15) is 5.26 Å². The zero-order valence-corrected chi connectivity index (χ0v) is 10.9. The molecule has 0 aliphatic heterocycles. The lowest BCUT2D eigenvalue weighted by Crippen LogP contribution is -2.43. The van der Waals surface area contributed by atoms with Crippen molar-refractivity contribution in [3.05, 3.63) is 28.8 Å². The topological polar surface area (TPSA) is 105 Å². The second kappa shape index (κ2) is 6.73. The van der Waals surface area contributed by atoms with Gasteiger partial charge in [-0.05, 0) is 25.1 Å². The predicted octanol–water partition coefficient (Wildman–Crippen LogP) is 1.04. The van der Waals surface area contributed by atoms with Gasteiger partial charge in [0.05, 0.1) is 17.9 Å². The lowest BCUT2D eigenvalue weighted by Gasteiger charge is -2.12. The van der Waals surface area contributed by atoms with Crippen LogP contribution in [-0.4, -0.2) is 24.5 Å². The molecule has 0 spiro atoms. The van der Waals surface area contributed by atoms with Gasteiger partial charge in [-0.3, -0.25) is 4.79 Å². The van der Waals surface area contributed by atoms with Gasteiger partial charge in [0.2, 0.25) is 0 Å². The van der Waals surface area contributed by atoms with Crippen LogP contribution in [0.4, 0.5) is 5.69 Å². The fraction of sp³-hybridized carbons (Fsp3) is 0.250. The molecule has 0 bridgehead atoms. The Hall–Kier alpha value is -2.10. The Morgan fingerprint density at radius 2 is 2.26 bits per heavy atom. The molecule has 3 N–H and O–H groups in total. The largest absolute Gasteiger partial charge is 0.464 e. The molecular formula is C12H12ClN3O3. The summed E-state index contributed by atoms with van der Waals surface area (Å²) in [4.78, 5) is 23.0. The van der Waals surface area contributed by atoms with E-state index < -0.39 is 17.9 Å². The highest BCUT2D eigenvalue weighted by Crippen LogP contribution is 2.20. The van der Waals surface area contributed by atoms with E-state index in [1.807, 2.05) is 6.07 Å². The van der Waals surface area contributed by atoms with E-state index in [9.17, 15) is 9.59 Å². The molecule has 1 aromatic carbocycles. The summed E-state index contributed by atoms with van der Waals surface area (Å²) in [7, 11) is 0. The average Bonchev–Trinajstić information content (AvgIpc) is 2.38. The summed E-state index contributed by atoms with van der Waals surface area (Å²) >= 11 is 5.77. The van der Waals surface area contributed by atoms with Gasteiger partial charge < -0.3 is 15.8 Å². The maximum absolute atomic E-state index is 11.7. The van der Waals surface area contributed by atoms with Gasteiger partial charge in [0.25, 0.3) is 5.91 Å². The second-order valence-electron chi connectivity index (χ2n) is 3.52. The summed E-state index contributed by atoms with van der Waals surface area (Å²) < 4.78 is 4.63. The Kier molecular flexibility index (Phi) is 5.30. The van der Waals surface area contributed by atoms with E-state index in [4.69, 9.17) is 22.6 Å². The van der Waals surface area contributed by atoms with Crippen LogP contribution in [0, 0.1) is 11.3 Å². The van der Waals surface area contributed by atoms with Gasteiger partial charge in [0.1, 0.15) is 6.07 Å². The average molecular weight is 282 g/mol. The first-order valence-corrected chi connectivity index (χ1v) is 5.80. The monoisotopic (exact) mass is 281 g/mol. The molecule has 1 rings (SSSR count). The van der Waals surface area contributed by atoms with Crippen LogP contribution in [-0.2, 0) is 14.3 Å². The molecule has 0 aliphatic rings. The first-order chi connectivity index (χ1) is 8.99. The van der Waals surface area contributed by atoms with E-state index >= 15 is 0 Å². The Balaban J connectivity index is 2.85. The number of nitrogens with two attached hydrogens (primary N) is 1. The van der Waals surface area contributed by atoms with Gasteiger partial charge in [-0.1, -0.05) is 11.6 Å². The van der Waals surface area contributed by atoms with Crippen LogP contribution in [0.5, 0.6) is 0 Å². The number of nitrogens with zero attached hydrogens (tertiary/aromatic N) is 1. The number of carbonyl (C=O) groups excluding carboxylic acids is 2. The molecule has 0 heterocycles. The summed E-state index contributed by atoms with van der Waals surface area (Å²) in [6.07, 6.45) is 0. The van der Waals surface area contributed by atoms with E-state index in [2.05, 4.69) is 10.1 Å². The Bertz CT molecular complexity index is 540. The van der Waals surface area contributed by atoms with Crippen molar-refractivity contribution in [2.75, 3.05) is 11.9 Å². The third-order valence-corrected chi connectivity index (χ3v) is 2.42. The molecule has 7 heteroatoms. The van der Waals surface area contributed by atoms with E-state index in [-0.39, 0.29) is 17.9 Å². The fourth-order valence-electron chi connectivity index (χ4n) is 1.27. The highest BCUT2D eigenvalue weighted by molar-refractivity contribution is 6.31. The van der Waals surface area contributed by atoms with Crippen molar-refractivity contribution in [2.45, 2.75) is 13.0 Å². The first kappa shape index (κ1) is 15.0. The molecule has 6 nitrogen and oxygen atoms in total. The molecule has 1 atom stereocenters. The maximum atomic E-state index is 11.7. The minimum Gasteiger partial charge on any atom is -0.464 e. The molecule has 0 saturated carbocycles. The van der Waals surface area contributed by atoms with Crippen LogP contribution in [0.15, 0.2) is 18.2 Å². The third kappa shape index (κ3) is 3.95. The third-order valence-electron chi connectivity index (χ3n) is 2.18. The van der Waals surface area contributed by atoms with Crippen molar-refractivity contribution in [1.82, 2.24) is 0 Å². The van der Waals surface area contributed by atoms with E-state index in [1.165, 1.54) is 18.2 Å². The number of nitrogens with one attached hydrogen (secondary N) is 1. The minimum atomic E-state index is -1.45. The standard InChI is InChI=1S/C12H12ClN3O3/c1-2-19-12(18)10(15)11(17)16-9-5-8(13)4-3-7(9)6-14/h3-5,10H,2,15H2,1H3,(H,16,17). The quantitative estimate of drug-likeness (QED) is 0.634. The lowest BCUT2D eigenvalue weighted by atomic mass is 10.2. The van der Waals surface area contributed by atoms with E-state index in [0.717, 1.165) is 0 Å². The number of benzene rings is 1. The highest BCUT2D eigenvalue weighted by Gasteiger charge is 2.24. The number of carbonyl (C=O) groups is 2. The van der Waals surface area contributed by atoms with Gasteiger partial charge in [0.15, 0.2) is 6.04 Å². The van der Waals surface area contributed by atoms with Gasteiger partial charge in [-0.15, -0.1) is 0 Å². The molecule has 0 aliphatic carbocycles. The van der Waals surface area contributed by atoms with Crippen molar-refractivity contribution < 1.29 is 14.3 Å². The predicted molar refractivity (Wildman–Crippen MR) is 69.4 cm³/mol. The second-order valence-corrected chi connectivity index (χ2v) is 3.96. The van der Waals surface area contributed by atoms with Crippen LogP contribution in [0.1, 0.15) is 12.5 Å².